The van der Waals surface area contributed by atoms with Gasteiger partial charge in [-0.15, -0.1) is 11.3 Å². The molecule has 1 aliphatic heterocycles. The first-order chi connectivity index (χ1) is 9.60. The first-order valence-electron chi connectivity index (χ1n) is 7.31. The van der Waals surface area contributed by atoms with E-state index in [0.717, 1.165) is 32.5 Å². The molecule has 2 rings (SSSR count). The Morgan fingerprint density at radius 3 is 2.70 bits per heavy atom. The van der Waals surface area contributed by atoms with Crippen LogP contribution in [0.3, 0.4) is 0 Å². The van der Waals surface area contributed by atoms with Crippen molar-refractivity contribution < 1.29 is 9.53 Å². The molecule has 1 aromatic rings. The topological polar surface area (TPSA) is 41.6 Å². The maximum atomic E-state index is 11.6. The van der Waals surface area contributed by atoms with Gasteiger partial charge < -0.3 is 15.0 Å². The zero-order chi connectivity index (χ0) is 14.5. The van der Waals surface area contributed by atoms with Crippen molar-refractivity contribution in [3.63, 3.8) is 0 Å². The quantitative estimate of drug-likeness (QED) is 0.928. The fourth-order valence-electron chi connectivity index (χ4n) is 2.59. The molecule has 0 unspecified atom stereocenters. The summed E-state index contributed by atoms with van der Waals surface area (Å²) in [4.78, 5) is 16.2. The summed E-state index contributed by atoms with van der Waals surface area (Å²) < 4.78 is 5.03. The third kappa shape index (κ3) is 3.96. The average molecular weight is 296 g/mol. The lowest BCUT2D eigenvalue weighted by Gasteiger charge is -2.31. The van der Waals surface area contributed by atoms with E-state index in [1.165, 1.54) is 15.3 Å². The molecule has 0 aliphatic carbocycles. The highest BCUT2D eigenvalue weighted by molar-refractivity contribution is 7.12. The Kier molecular flexibility index (Phi) is 5.43. The van der Waals surface area contributed by atoms with Crippen molar-refractivity contribution in [2.45, 2.75) is 46.2 Å². The van der Waals surface area contributed by atoms with Gasteiger partial charge in [0.2, 0.25) is 0 Å². The summed E-state index contributed by atoms with van der Waals surface area (Å²) in [5.41, 5.74) is 1.40. The Morgan fingerprint density at radius 1 is 1.45 bits per heavy atom. The summed E-state index contributed by atoms with van der Waals surface area (Å²) in [6.07, 6.45) is 1.83. The van der Waals surface area contributed by atoms with E-state index in [-0.39, 0.29) is 6.09 Å². The molecule has 1 saturated heterocycles. The van der Waals surface area contributed by atoms with Crippen molar-refractivity contribution in [3.05, 3.63) is 21.4 Å². The molecule has 20 heavy (non-hydrogen) atoms. The summed E-state index contributed by atoms with van der Waals surface area (Å²) in [5.74, 6) is 0. The minimum Gasteiger partial charge on any atom is -0.450 e. The van der Waals surface area contributed by atoms with Gasteiger partial charge in [0.15, 0.2) is 0 Å². The number of piperidine rings is 1. The normalized spacial score (nSPS) is 16.4. The Bertz CT molecular complexity index is 451. The van der Waals surface area contributed by atoms with Crippen molar-refractivity contribution >= 4 is 17.4 Å². The van der Waals surface area contributed by atoms with E-state index in [4.69, 9.17) is 4.74 Å². The van der Waals surface area contributed by atoms with Gasteiger partial charge in [0.25, 0.3) is 0 Å². The lowest BCUT2D eigenvalue weighted by molar-refractivity contribution is 0.0950. The van der Waals surface area contributed by atoms with E-state index in [2.05, 4.69) is 25.2 Å². The molecule has 1 N–H and O–H groups in total. The number of thiophene rings is 1. The summed E-state index contributed by atoms with van der Waals surface area (Å²) in [5, 5.41) is 3.61. The SMILES string of the molecule is CCOC(=O)N1CCC(NCc2cc(C)sc2C)CC1. The van der Waals surface area contributed by atoms with Crippen LogP contribution in [0.4, 0.5) is 4.79 Å². The third-order valence-corrected chi connectivity index (χ3v) is 4.75. The summed E-state index contributed by atoms with van der Waals surface area (Å²) >= 11 is 1.86. The van der Waals surface area contributed by atoms with E-state index in [1.54, 1.807) is 0 Å². The number of ether oxygens (including phenoxy) is 1. The highest BCUT2D eigenvalue weighted by atomic mass is 32.1. The minimum atomic E-state index is -0.171. The van der Waals surface area contributed by atoms with E-state index in [9.17, 15) is 4.79 Å². The van der Waals surface area contributed by atoms with Gasteiger partial charge >= 0.3 is 6.09 Å². The van der Waals surface area contributed by atoms with E-state index >= 15 is 0 Å². The number of nitrogens with zero attached hydrogens (tertiary/aromatic N) is 1. The van der Waals surface area contributed by atoms with Crippen LogP contribution >= 0.6 is 11.3 Å². The predicted molar refractivity (Wildman–Crippen MR) is 82.2 cm³/mol. The molecule has 0 bridgehead atoms. The Balaban J connectivity index is 1.74. The number of rotatable bonds is 4. The number of carbonyl (C=O) groups is 1. The smallest absolute Gasteiger partial charge is 0.409 e. The average Bonchev–Trinajstić information content (AvgIpc) is 2.75. The second kappa shape index (κ2) is 7.09. The number of likely N-dealkylation sites (tertiary alicyclic amines) is 1. The zero-order valence-corrected chi connectivity index (χ0v) is 13.4. The van der Waals surface area contributed by atoms with Crippen molar-refractivity contribution in [2.24, 2.45) is 0 Å². The lowest BCUT2D eigenvalue weighted by atomic mass is 10.1. The monoisotopic (exact) mass is 296 g/mol. The van der Waals surface area contributed by atoms with Gasteiger partial charge in [-0.05, 0) is 45.2 Å². The van der Waals surface area contributed by atoms with Gasteiger partial charge in [0.1, 0.15) is 0 Å². The highest BCUT2D eigenvalue weighted by Crippen LogP contribution is 2.21. The van der Waals surface area contributed by atoms with Crippen molar-refractivity contribution in [1.82, 2.24) is 10.2 Å². The second-order valence-corrected chi connectivity index (χ2v) is 6.74. The predicted octanol–water partition coefficient (Wildman–Crippen LogP) is 3.08. The number of amides is 1. The minimum absolute atomic E-state index is 0.171. The Morgan fingerprint density at radius 2 is 2.15 bits per heavy atom. The molecule has 0 atom stereocenters. The second-order valence-electron chi connectivity index (χ2n) is 5.28. The molecular weight excluding hydrogens is 272 g/mol. The summed E-state index contributed by atoms with van der Waals surface area (Å²) in [7, 11) is 0. The molecule has 0 spiro atoms. The van der Waals surface area contributed by atoms with Crippen LogP contribution in [-0.2, 0) is 11.3 Å². The maximum absolute atomic E-state index is 11.6. The molecule has 112 valence electrons. The number of hydrogen-bond acceptors (Lipinski definition) is 4. The molecule has 2 heterocycles. The van der Waals surface area contributed by atoms with Crippen molar-refractivity contribution in [1.29, 1.82) is 0 Å². The third-order valence-electron chi connectivity index (χ3n) is 3.75. The Hall–Kier alpha value is -1.07. The van der Waals surface area contributed by atoms with Gasteiger partial charge in [0, 0.05) is 35.4 Å². The van der Waals surface area contributed by atoms with Crippen LogP contribution in [0.25, 0.3) is 0 Å². The highest BCUT2D eigenvalue weighted by Gasteiger charge is 2.23. The molecule has 0 radical (unpaired) electrons. The largest absolute Gasteiger partial charge is 0.450 e. The van der Waals surface area contributed by atoms with E-state index in [0.29, 0.717) is 12.6 Å². The van der Waals surface area contributed by atoms with Crippen molar-refractivity contribution in [3.8, 4) is 0 Å². The lowest BCUT2D eigenvalue weighted by Crippen LogP contribution is -2.44. The van der Waals surface area contributed by atoms with Crippen LogP contribution in [0, 0.1) is 13.8 Å². The molecule has 1 aliphatic rings. The number of carbonyl (C=O) groups excluding carboxylic acids is 1. The van der Waals surface area contributed by atoms with E-state index < -0.39 is 0 Å². The number of nitrogens with one attached hydrogen (secondary N) is 1. The first kappa shape index (κ1) is 15.3. The Labute approximate surface area is 125 Å². The zero-order valence-electron chi connectivity index (χ0n) is 12.6. The molecule has 1 amide bonds. The van der Waals surface area contributed by atoms with Gasteiger partial charge in [0.05, 0.1) is 6.61 Å². The fourth-order valence-corrected chi connectivity index (χ4v) is 3.54. The van der Waals surface area contributed by atoms with Crippen LogP contribution in [0.1, 0.15) is 35.1 Å². The van der Waals surface area contributed by atoms with Crippen LogP contribution in [0.5, 0.6) is 0 Å². The van der Waals surface area contributed by atoms with Gasteiger partial charge in [-0.2, -0.15) is 0 Å². The van der Waals surface area contributed by atoms with Gasteiger partial charge in [-0.3, -0.25) is 0 Å². The van der Waals surface area contributed by atoms with Crippen LogP contribution in [-0.4, -0.2) is 36.7 Å². The molecule has 0 aromatic carbocycles. The van der Waals surface area contributed by atoms with Gasteiger partial charge in [-0.25, -0.2) is 4.79 Å². The van der Waals surface area contributed by atoms with E-state index in [1.807, 2.05) is 23.2 Å². The summed E-state index contributed by atoms with van der Waals surface area (Å²) in [6, 6.07) is 2.76. The number of hydrogen-bond donors (Lipinski definition) is 1. The van der Waals surface area contributed by atoms with Gasteiger partial charge in [-0.1, -0.05) is 0 Å². The molecule has 1 aromatic heterocycles. The van der Waals surface area contributed by atoms with Crippen LogP contribution < -0.4 is 5.32 Å². The summed E-state index contributed by atoms with van der Waals surface area (Å²) in [6.45, 7) is 9.14. The molecule has 1 fully saturated rings. The number of aryl methyl sites for hydroxylation is 2. The molecule has 4 nitrogen and oxygen atoms in total. The molecule has 0 saturated carbocycles. The standard InChI is InChI=1S/C15H24N2O2S/c1-4-19-15(18)17-7-5-14(6-8-17)16-10-13-9-11(2)20-12(13)3/h9,14,16H,4-8,10H2,1-3H3. The molecular formula is C15H24N2O2S. The van der Waals surface area contributed by atoms with Crippen LogP contribution in [0.2, 0.25) is 0 Å². The van der Waals surface area contributed by atoms with Crippen molar-refractivity contribution in [2.75, 3.05) is 19.7 Å². The maximum Gasteiger partial charge on any atom is 0.409 e. The molecule has 5 heteroatoms. The van der Waals surface area contributed by atoms with Crippen LogP contribution in [0.15, 0.2) is 6.07 Å². The first-order valence-corrected chi connectivity index (χ1v) is 8.12. The fraction of sp³-hybridized carbons (Fsp3) is 0.667.